The van der Waals surface area contributed by atoms with E-state index in [0.29, 0.717) is 12.1 Å². The van der Waals surface area contributed by atoms with Crippen LogP contribution in [0.2, 0.25) is 0 Å². The molecule has 6 nitrogen and oxygen atoms in total. The molecule has 0 aliphatic rings. The summed E-state index contributed by atoms with van der Waals surface area (Å²) in [7, 11) is 0.349. The Balaban J connectivity index is 1.79. The fourth-order valence-corrected chi connectivity index (χ4v) is 2.11. The minimum atomic E-state index is -1.46. The Kier molecular flexibility index (Phi) is 3.59. The largest absolute Gasteiger partial charge is 0.488 e. The molecule has 21 heavy (non-hydrogen) atoms. The van der Waals surface area contributed by atoms with Gasteiger partial charge in [0.1, 0.15) is 18.1 Å². The van der Waals surface area contributed by atoms with Crippen LogP contribution in [0.5, 0.6) is 5.75 Å². The van der Waals surface area contributed by atoms with Gasteiger partial charge in [-0.15, -0.1) is 5.10 Å². The van der Waals surface area contributed by atoms with Crippen LogP contribution < -0.4 is 10.2 Å². The number of benzene rings is 2. The highest BCUT2D eigenvalue weighted by Gasteiger charge is 2.11. The first-order valence-corrected chi connectivity index (χ1v) is 6.50. The highest BCUT2D eigenvalue weighted by molar-refractivity contribution is 6.58. The van der Waals surface area contributed by atoms with Gasteiger partial charge in [-0.25, -0.2) is 0 Å². The lowest BCUT2D eigenvalue weighted by molar-refractivity contribution is 0.301. The number of aryl methyl sites for hydroxylation is 1. The molecule has 2 N–H and O–H groups in total. The molecule has 1 aromatic heterocycles. The van der Waals surface area contributed by atoms with Gasteiger partial charge in [0.25, 0.3) is 0 Å². The van der Waals surface area contributed by atoms with E-state index in [1.54, 1.807) is 30.1 Å². The molecule has 106 valence electrons. The maximum atomic E-state index is 9.17. The number of hydrogen-bond acceptors (Lipinski definition) is 5. The summed E-state index contributed by atoms with van der Waals surface area (Å²) in [6, 6.07) is 10.9. The molecule has 0 saturated carbocycles. The molecule has 0 atom stereocenters. The second-order valence-electron chi connectivity index (χ2n) is 4.81. The molecule has 2 aromatic carbocycles. The van der Waals surface area contributed by atoms with Gasteiger partial charge >= 0.3 is 7.12 Å². The van der Waals surface area contributed by atoms with E-state index in [1.165, 1.54) is 0 Å². The third-order valence-corrected chi connectivity index (χ3v) is 3.17. The van der Waals surface area contributed by atoms with Crippen LogP contribution in [0.3, 0.4) is 0 Å². The van der Waals surface area contributed by atoms with Gasteiger partial charge in [0.15, 0.2) is 0 Å². The van der Waals surface area contributed by atoms with Crippen molar-refractivity contribution in [3.8, 4) is 5.75 Å². The fourth-order valence-electron chi connectivity index (χ4n) is 2.11. The molecule has 1 heterocycles. The number of rotatable bonds is 4. The summed E-state index contributed by atoms with van der Waals surface area (Å²) in [5, 5.41) is 28.0. The molecule has 7 heteroatoms. The van der Waals surface area contributed by atoms with E-state index in [4.69, 9.17) is 14.8 Å². The van der Waals surface area contributed by atoms with Crippen LogP contribution >= 0.6 is 0 Å². The summed E-state index contributed by atoms with van der Waals surface area (Å²) in [6.07, 6.45) is 1.80. The van der Waals surface area contributed by atoms with Crippen LogP contribution in [0.15, 0.2) is 42.6 Å². The lowest BCUT2D eigenvalue weighted by Gasteiger charge is -2.07. The van der Waals surface area contributed by atoms with E-state index >= 15 is 0 Å². The van der Waals surface area contributed by atoms with Crippen molar-refractivity contribution in [3.63, 3.8) is 0 Å². The average Bonchev–Trinajstić information content (AvgIpc) is 2.90. The van der Waals surface area contributed by atoms with Crippen molar-refractivity contribution in [3.05, 3.63) is 48.3 Å². The number of ether oxygens (including phenoxy) is 1. The summed E-state index contributed by atoms with van der Waals surface area (Å²) in [6.45, 7) is 0.354. The van der Waals surface area contributed by atoms with Crippen molar-refractivity contribution in [2.24, 2.45) is 7.05 Å². The van der Waals surface area contributed by atoms with E-state index in [0.717, 1.165) is 22.2 Å². The number of aromatic nitrogens is 3. The zero-order valence-corrected chi connectivity index (χ0v) is 11.5. The first-order valence-electron chi connectivity index (χ1n) is 6.50. The molecule has 0 aliphatic heterocycles. The predicted octanol–water partition coefficient (Wildman–Crippen LogP) is 0.227. The molecule has 3 aromatic rings. The van der Waals surface area contributed by atoms with E-state index < -0.39 is 7.12 Å². The van der Waals surface area contributed by atoms with E-state index in [9.17, 15) is 0 Å². The summed E-state index contributed by atoms with van der Waals surface area (Å²) in [4.78, 5) is 0. The molecule has 0 radical (unpaired) electrons. The number of nitrogens with zero attached hydrogens (tertiary/aromatic N) is 3. The second kappa shape index (κ2) is 5.55. The standard InChI is InChI=1S/C14H14BN3O3/c1-18-8-13(16-17-18)9-21-14-5-3-10-6-12(15(19)20)4-2-11(10)7-14/h2-8,19-20H,9H2,1H3. The van der Waals surface area contributed by atoms with Crippen LogP contribution in [0.4, 0.5) is 0 Å². The first kappa shape index (κ1) is 13.6. The molecule has 0 unspecified atom stereocenters. The SMILES string of the molecule is Cn1cc(COc2ccc3cc(B(O)O)ccc3c2)nn1. The number of hydrogen-bond donors (Lipinski definition) is 2. The van der Waals surface area contributed by atoms with E-state index in [-0.39, 0.29) is 0 Å². The minimum absolute atomic E-state index is 0.354. The van der Waals surface area contributed by atoms with Crippen molar-refractivity contribution in [1.82, 2.24) is 15.0 Å². The lowest BCUT2D eigenvalue weighted by atomic mass is 9.79. The molecule has 0 bridgehead atoms. The Morgan fingerprint density at radius 1 is 1.14 bits per heavy atom. The first-order chi connectivity index (χ1) is 10.1. The average molecular weight is 283 g/mol. The zero-order valence-electron chi connectivity index (χ0n) is 11.5. The van der Waals surface area contributed by atoms with E-state index in [1.807, 2.05) is 24.3 Å². The normalized spacial score (nSPS) is 10.8. The summed E-state index contributed by atoms with van der Waals surface area (Å²) in [5.41, 5.74) is 1.23. The fraction of sp³-hybridized carbons (Fsp3) is 0.143. The third-order valence-electron chi connectivity index (χ3n) is 3.17. The van der Waals surface area contributed by atoms with Gasteiger partial charge in [-0.05, 0) is 28.4 Å². The molecule has 0 amide bonds. The Hall–Kier alpha value is -2.38. The molecular weight excluding hydrogens is 269 g/mol. The van der Waals surface area contributed by atoms with Gasteiger partial charge in [-0.2, -0.15) is 0 Å². The van der Waals surface area contributed by atoms with Crippen molar-refractivity contribution < 1.29 is 14.8 Å². The summed E-state index contributed by atoms with van der Waals surface area (Å²) >= 11 is 0. The van der Waals surface area contributed by atoms with Gasteiger partial charge < -0.3 is 14.8 Å². The number of fused-ring (bicyclic) bond motifs is 1. The highest BCUT2D eigenvalue weighted by atomic mass is 16.5. The molecule has 3 rings (SSSR count). The van der Waals surface area contributed by atoms with Gasteiger partial charge in [-0.3, -0.25) is 4.68 Å². The molecule has 0 aliphatic carbocycles. The van der Waals surface area contributed by atoms with Gasteiger partial charge in [0.05, 0.1) is 6.20 Å². The van der Waals surface area contributed by atoms with Crippen LogP contribution in [-0.4, -0.2) is 32.2 Å². The van der Waals surface area contributed by atoms with Crippen molar-refractivity contribution in [1.29, 1.82) is 0 Å². The Morgan fingerprint density at radius 3 is 2.62 bits per heavy atom. The quantitative estimate of drug-likeness (QED) is 0.670. The van der Waals surface area contributed by atoms with Crippen LogP contribution in [0, 0.1) is 0 Å². The predicted molar refractivity (Wildman–Crippen MR) is 79.1 cm³/mol. The Labute approximate surface area is 121 Å². The molecular formula is C14H14BN3O3. The van der Waals surface area contributed by atoms with E-state index in [2.05, 4.69) is 10.3 Å². The molecule has 0 fully saturated rings. The Bertz CT molecular complexity index is 773. The summed E-state index contributed by atoms with van der Waals surface area (Å²) < 4.78 is 7.30. The maximum Gasteiger partial charge on any atom is 0.488 e. The monoisotopic (exact) mass is 283 g/mol. The van der Waals surface area contributed by atoms with Crippen LogP contribution in [0.1, 0.15) is 5.69 Å². The van der Waals surface area contributed by atoms with Gasteiger partial charge in [0.2, 0.25) is 0 Å². The maximum absolute atomic E-state index is 9.17. The topological polar surface area (TPSA) is 80.4 Å². The minimum Gasteiger partial charge on any atom is -0.487 e. The smallest absolute Gasteiger partial charge is 0.487 e. The van der Waals surface area contributed by atoms with Gasteiger partial charge in [-0.1, -0.05) is 29.5 Å². The van der Waals surface area contributed by atoms with Crippen LogP contribution in [-0.2, 0) is 13.7 Å². The van der Waals surface area contributed by atoms with Crippen LogP contribution in [0.25, 0.3) is 10.8 Å². The van der Waals surface area contributed by atoms with Crippen molar-refractivity contribution in [2.45, 2.75) is 6.61 Å². The van der Waals surface area contributed by atoms with Crippen molar-refractivity contribution in [2.75, 3.05) is 0 Å². The second-order valence-corrected chi connectivity index (χ2v) is 4.81. The zero-order chi connectivity index (χ0) is 14.8. The molecule has 0 saturated heterocycles. The van der Waals surface area contributed by atoms with Crippen molar-refractivity contribution >= 4 is 23.4 Å². The Morgan fingerprint density at radius 2 is 1.90 bits per heavy atom. The van der Waals surface area contributed by atoms with Gasteiger partial charge in [0, 0.05) is 7.05 Å². The third kappa shape index (κ3) is 3.04. The lowest BCUT2D eigenvalue weighted by Crippen LogP contribution is -2.29. The summed E-state index contributed by atoms with van der Waals surface area (Å²) in [5.74, 6) is 0.727. The molecule has 0 spiro atoms. The highest BCUT2D eigenvalue weighted by Crippen LogP contribution is 2.20.